The number of likely N-dealkylation sites (N-methyl/N-ethyl adjacent to an activating group) is 1. The number of hydrogen-bond acceptors (Lipinski definition) is 3. The van der Waals surface area contributed by atoms with E-state index in [1.54, 1.807) is 11.0 Å². The number of halogens is 2. The standard InChI is InChI=1S/C11H13Cl2N3O/c1-15-2-4-16(5-3-15)11(17)9-6-8(12)7-10(13)14-9/h6-7H,2-5H2,1H3. The van der Waals surface area contributed by atoms with Crippen LogP contribution in [-0.2, 0) is 0 Å². The van der Waals surface area contributed by atoms with Gasteiger partial charge in [0.05, 0.1) is 0 Å². The molecule has 17 heavy (non-hydrogen) atoms. The molecule has 6 heteroatoms. The van der Waals surface area contributed by atoms with Crippen molar-refractivity contribution in [2.45, 2.75) is 0 Å². The summed E-state index contributed by atoms with van der Waals surface area (Å²) < 4.78 is 0. The van der Waals surface area contributed by atoms with Crippen molar-refractivity contribution in [3.05, 3.63) is 28.0 Å². The van der Waals surface area contributed by atoms with Gasteiger partial charge in [-0.05, 0) is 19.2 Å². The Bertz CT molecular complexity index is 410. The Morgan fingerprint density at radius 1 is 1.24 bits per heavy atom. The van der Waals surface area contributed by atoms with Gasteiger partial charge in [-0.15, -0.1) is 0 Å². The number of aromatic nitrogens is 1. The maximum absolute atomic E-state index is 12.1. The summed E-state index contributed by atoms with van der Waals surface area (Å²) in [5.41, 5.74) is 0.312. The van der Waals surface area contributed by atoms with Crippen LogP contribution in [0.15, 0.2) is 12.1 Å². The zero-order valence-electron chi connectivity index (χ0n) is 9.49. The molecule has 1 saturated heterocycles. The first-order chi connectivity index (χ1) is 8.06. The highest BCUT2D eigenvalue weighted by Crippen LogP contribution is 2.17. The van der Waals surface area contributed by atoms with E-state index < -0.39 is 0 Å². The Morgan fingerprint density at radius 3 is 2.47 bits per heavy atom. The summed E-state index contributed by atoms with van der Waals surface area (Å²) in [6.45, 7) is 3.17. The second kappa shape index (κ2) is 5.21. The highest BCUT2D eigenvalue weighted by Gasteiger charge is 2.21. The molecule has 1 aromatic heterocycles. The Hall–Kier alpha value is -0.840. The third-order valence-corrected chi connectivity index (χ3v) is 3.18. The van der Waals surface area contributed by atoms with Crippen molar-refractivity contribution in [3.8, 4) is 0 Å². The molecular weight excluding hydrogens is 261 g/mol. The van der Waals surface area contributed by atoms with Crippen LogP contribution in [0.2, 0.25) is 10.2 Å². The lowest BCUT2D eigenvalue weighted by Crippen LogP contribution is -2.47. The fraction of sp³-hybridized carbons (Fsp3) is 0.455. The number of nitrogens with zero attached hydrogens (tertiary/aromatic N) is 3. The first kappa shape index (κ1) is 12.6. The van der Waals surface area contributed by atoms with Gasteiger partial charge in [0.2, 0.25) is 0 Å². The largest absolute Gasteiger partial charge is 0.335 e. The second-order valence-electron chi connectivity index (χ2n) is 4.09. The molecule has 0 N–H and O–H groups in total. The van der Waals surface area contributed by atoms with Crippen LogP contribution in [0.1, 0.15) is 10.5 Å². The molecule has 0 spiro atoms. The number of carbonyl (C=O) groups is 1. The molecule has 0 saturated carbocycles. The molecule has 1 aliphatic rings. The molecule has 92 valence electrons. The normalized spacial score (nSPS) is 17.2. The van der Waals surface area contributed by atoms with Gasteiger partial charge in [-0.2, -0.15) is 0 Å². The van der Waals surface area contributed by atoms with E-state index in [1.165, 1.54) is 6.07 Å². The van der Waals surface area contributed by atoms with Gasteiger partial charge in [0.25, 0.3) is 5.91 Å². The van der Waals surface area contributed by atoms with Crippen LogP contribution in [0.4, 0.5) is 0 Å². The summed E-state index contributed by atoms with van der Waals surface area (Å²) >= 11 is 11.6. The third kappa shape index (κ3) is 3.09. The summed E-state index contributed by atoms with van der Waals surface area (Å²) in [6, 6.07) is 3.07. The van der Waals surface area contributed by atoms with Crippen molar-refractivity contribution in [3.63, 3.8) is 0 Å². The molecule has 2 heterocycles. The number of rotatable bonds is 1. The number of amides is 1. The monoisotopic (exact) mass is 273 g/mol. The smallest absolute Gasteiger partial charge is 0.272 e. The Balaban J connectivity index is 2.14. The van der Waals surface area contributed by atoms with Crippen LogP contribution in [0.25, 0.3) is 0 Å². The lowest BCUT2D eigenvalue weighted by molar-refractivity contribution is 0.0658. The van der Waals surface area contributed by atoms with E-state index in [0.717, 1.165) is 13.1 Å². The molecule has 2 rings (SSSR count). The van der Waals surface area contributed by atoms with Crippen molar-refractivity contribution in [2.75, 3.05) is 33.2 Å². The second-order valence-corrected chi connectivity index (χ2v) is 4.91. The average Bonchev–Trinajstić information content (AvgIpc) is 2.28. The van der Waals surface area contributed by atoms with Crippen LogP contribution in [-0.4, -0.2) is 53.9 Å². The van der Waals surface area contributed by atoms with E-state index in [9.17, 15) is 4.79 Å². The van der Waals surface area contributed by atoms with Crippen molar-refractivity contribution in [1.82, 2.24) is 14.8 Å². The molecular formula is C11H13Cl2N3O. The average molecular weight is 274 g/mol. The van der Waals surface area contributed by atoms with Gasteiger partial charge in [-0.1, -0.05) is 23.2 Å². The molecule has 0 unspecified atom stereocenters. The third-order valence-electron chi connectivity index (χ3n) is 2.77. The van der Waals surface area contributed by atoms with Crippen molar-refractivity contribution >= 4 is 29.1 Å². The van der Waals surface area contributed by atoms with E-state index in [4.69, 9.17) is 23.2 Å². The highest BCUT2D eigenvalue weighted by molar-refractivity contribution is 6.34. The quantitative estimate of drug-likeness (QED) is 0.732. The summed E-state index contributed by atoms with van der Waals surface area (Å²) in [7, 11) is 2.04. The number of pyridine rings is 1. The SMILES string of the molecule is CN1CCN(C(=O)c2cc(Cl)cc(Cl)n2)CC1. The molecule has 4 nitrogen and oxygen atoms in total. The molecule has 0 aromatic carbocycles. The van der Waals surface area contributed by atoms with Gasteiger partial charge in [0.15, 0.2) is 0 Å². The van der Waals surface area contributed by atoms with E-state index in [2.05, 4.69) is 9.88 Å². The molecule has 0 radical (unpaired) electrons. The van der Waals surface area contributed by atoms with Crippen LogP contribution in [0, 0.1) is 0 Å². The lowest BCUT2D eigenvalue weighted by Gasteiger charge is -2.32. The summed E-state index contributed by atoms with van der Waals surface area (Å²) in [5, 5.41) is 0.678. The zero-order chi connectivity index (χ0) is 12.4. The molecule has 0 aliphatic carbocycles. The molecule has 1 aliphatic heterocycles. The van der Waals surface area contributed by atoms with Gasteiger partial charge in [-0.25, -0.2) is 4.98 Å². The lowest BCUT2D eigenvalue weighted by atomic mass is 10.2. The van der Waals surface area contributed by atoms with E-state index in [-0.39, 0.29) is 11.1 Å². The van der Waals surface area contributed by atoms with E-state index in [0.29, 0.717) is 23.8 Å². The summed E-state index contributed by atoms with van der Waals surface area (Å²) in [6.07, 6.45) is 0. The molecule has 0 bridgehead atoms. The molecule has 0 atom stereocenters. The van der Waals surface area contributed by atoms with Gasteiger partial charge in [-0.3, -0.25) is 4.79 Å². The van der Waals surface area contributed by atoms with Crippen molar-refractivity contribution < 1.29 is 4.79 Å². The molecule has 1 fully saturated rings. The van der Waals surface area contributed by atoms with Crippen LogP contribution in [0.3, 0.4) is 0 Å². The Morgan fingerprint density at radius 2 is 1.88 bits per heavy atom. The fourth-order valence-corrected chi connectivity index (χ4v) is 2.22. The van der Waals surface area contributed by atoms with Gasteiger partial charge in [0.1, 0.15) is 10.8 Å². The first-order valence-electron chi connectivity index (χ1n) is 5.37. The minimum atomic E-state index is -0.109. The first-order valence-corrected chi connectivity index (χ1v) is 6.13. The van der Waals surface area contributed by atoms with E-state index >= 15 is 0 Å². The zero-order valence-corrected chi connectivity index (χ0v) is 11.0. The van der Waals surface area contributed by atoms with Crippen LogP contribution < -0.4 is 0 Å². The fourth-order valence-electron chi connectivity index (χ4n) is 1.75. The predicted octanol–water partition coefficient (Wildman–Crippen LogP) is 1.78. The topological polar surface area (TPSA) is 36.4 Å². The van der Waals surface area contributed by atoms with Gasteiger partial charge >= 0.3 is 0 Å². The van der Waals surface area contributed by atoms with Crippen LogP contribution >= 0.6 is 23.2 Å². The summed E-state index contributed by atoms with van der Waals surface area (Å²) in [5.74, 6) is -0.109. The van der Waals surface area contributed by atoms with Gasteiger partial charge < -0.3 is 9.80 Å². The van der Waals surface area contributed by atoms with Crippen molar-refractivity contribution in [1.29, 1.82) is 0 Å². The maximum Gasteiger partial charge on any atom is 0.272 e. The van der Waals surface area contributed by atoms with Gasteiger partial charge in [0, 0.05) is 31.2 Å². The predicted molar refractivity (Wildman–Crippen MR) is 67.7 cm³/mol. The minimum Gasteiger partial charge on any atom is -0.335 e. The van der Waals surface area contributed by atoms with Crippen molar-refractivity contribution in [2.24, 2.45) is 0 Å². The maximum atomic E-state index is 12.1. The molecule has 1 aromatic rings. The number of carbonyl (C=O) groups excluding carboxylic acids is 1. The Kier molecular flexibility index (Phi) is 3.86. The van der Waals surface area contributed by atoms with Crippen LogP contribution in [0.5, 0.6) is 0 Å². The summed E-state index contributed by atoms with van der Waals surface area (Å²) in [4.78, 5) is 20.1. The Labute approximate surface area is 110 Å². The number of hydrogen-bond donors (Lipinski definition) is 0. The minimum absolute atomic E-state index is 0.109. The van der Waals surface area contributed by atoms with E-state index in [1.807, 2.05) is 7.05 Å². The highest BCUT2D eigenvalue weighted by atomic mass is 35.5. The number of piperazine rings is 1. The molecule has 1 amide bonds.